The Morgan fingerprint density at radius 2 is 1.29 bits per heavy atom. The summed E-state index contributed by atoms with van der Waals surface area (Å²) in [5.74, 6) is -1.78. The highest BCUT2D eigenvalue weighted by molar-refractivity contribution is 5.46. The van der Waals surface area contributed by atoms with E-state index in [4.69, 9.17) is 5.11 Å². The number of halogens is 6. The minimum absolute atomic E-state index is 0.00639. The van der Waals surface area contributed by atoms with Crippen LogP contribution in [0.1, 0.15) is 23.6 Å². The van der Waals surface area contributed by atoms with Gasteiger partial charge in [0.05, 0.1) is 11.1 Å². The number of hydrogen-bond acceptors (Lipinski definition) is 1. The van der Waals surface area contributed by atoms with Crippen LogP contribution in [0.5, 0.6) is 5.75 Å². The molecule has 0 radical (unpaired) electrons. The van der Waals surface area contributed by atoms with Crippen LogP contribution < -0.4 is 0 Å². The van der Waals surface area contributed by atoms with Crippen molar-refractivity contribution in [3.63, 3.8) is 0 Å². The first-order valence-corrected chi connectivity index (χ1v) is 4.57. The number of hydrogen-bond donors (Lipinski definition) is 1. The molecule has 0 atom stereocenters. The van der Waals surface area contributed by atoms with Gasteiger partial charge in [0.15, 0.2) is 0 Å². The number of phenolic OH excluding ortho intramolecular Hbond substituents is 1. The highest BCUT2D eigenvalue weighted by atomic mass is 19.4. The highest BCUT2D eigenvalue weighted by Crippen LogP contribution is 2.44. The molecule has 0 saturated heterocycles. The molecule has 1 N–H and O–H groups in total. The molecule has 0 fully saturated rings. The van der Waals surface area contributed by atoms with Gasteiger partial charge < -0.3 is 5.11 Å². The van der Waals surface area contributed by atoms with E-state index in [1.807, 2.05) is 0 Å². The van der Waals surface area contributed by atoms with E-state index in [0.29, 0.717) is 12.1 Å². The lowest BCUT2D eigenvalue weighted by molar-refractivity contribution is -0.145. The Balaban J connectivity index is 3.53. The maximum Gasteiger partial charge on any atom is 0.419 e. The summed E-state index contributed by atoms with van der Waals surface area (Å²) in [5.41, 5.74) is -3.46. The van der Waals surface area contributed by atoms with Crippen molar-refractivity contribution in [2.75, 3.05) is 0 Å². The molecule has 1 aromatic carbocycles. The molecular formula is C10H8F6O. The van der Waals surface area contributed by atoms with Gasteiger partial charge in [0.1, 0.15) is 5.75 Å². The molecular weight excluding hydrogens is 250 g/mol. The Bertz CT molecular complexity index is 383. The first-order valence-electron chi connectivity index (χ1n) is 4.57. The van der Waals surface area contributed by atoms with Crippen LogP contribution in [0.15, 0.2) is 12.1 Å². The second kappa shape index (κ2) is 4.12. The SMILES string of the molecule is CCc1cc(C(F)(F)F)c(O)c(C(F)(F)F)c1. The molecule has 96 valence electrons. The molecule has 0 aromatic heterocycles. The van der Waals surface area contributed by atoms with Crippen LogP contribution in [-0.4, -0.2) is 5.11 Å². The molecule has 7 heteroatoms. The van der Waals surface area contributed by atoms with Crippen LogP contribution in [0.4, 0.5) is 26.3 Å². The van der Waals surface area contributed by atoms with Crippen molar-refractivity contribution in [2.24, 2.45) is 0 Å². The highest BCUT2D eigenvalue weighted by Gasteiger charge is 2.41. The van der Waals surface area contributed by atoms with Gasteiger partial charge in [-0.25, -0.2) is 0 Å². The van der Waals surface area contributed by atoms with E-state index >= 15 is 0 Å². The van der Waals surface area contributed by atoms with Gasteiger partial charge in [-0.05, 0) is 24.1 Å². The molecule has 17 heavy (non-hydrogen) atoms. The van der Waals surface area contributed by atoms with Gasteiger partial charge in [-0.2, -0.15) is 26.3 Å². The maximum absolute atomic E-state index is 12.4. The first kappa shape index (κ1) is 13.7. The molecule has 0 spiro atoms. The zero-order valence-corrected chi connectivity index (χ0v) is 8.58. The van der Waals surface area contributed by atoms with Crippen molar-refractivity contribution in [1.82, 2.24) is 0 Å². The van der Waals surface area contributed by atoms with Crippen LogP contribution in [0.3, 0.4) is 0 Å². The van der Waals surface area contributed by atoms with Crippen molar-refractivity contribution < 1.29 is 31.4 Å². The molecule has 0 unspecified atom stereocenters. The van der Waals surface area contributed by atoms with Crippen LogP contribution in [-0.2, 0) is 18.8 Å². The van der Waals surface area contributed by atoms with Crippen molar-refractivity contribution in [1.29, 1.82) is 0 Å². The smallest absolute Gasteiger partial charge is 0.419 e. The summed E-state index contributed by atoms with van der Waals surface area (Å²) in [5, 5.41) is 9.04. The average Bonchev–Trinajstić information content (AvgIpc) is 2.14. The van der Waals surface area contributed by atoms with Crippen LogP contribution >= 0.6 is 0 Å². The number of aryl methyl sites for hydroxylation is 1. The van der Waals surface area contributed by atoms with Crippen molar-refractivity contribution in [3.8, 4) is 5.75 Å². The van der Waals surface area contributed by atoms with Crippen molar-refractivity contribution in [2.45, 2.75) is 25.7 Å². The maximum atomic E-state index is 12.4. The minimum Gasteiger partial charge on any atom is -0.507 e. The van der Waals surface area contributed by atoms with Gasteiger partial charge in [0.25, 0.3) is 0 Å². The number of phenols is 1. The van der Waals surface area contributed by atoms with Crippen molar-refractivity contribution >= 4 is 0 Å². The molecule has 0 heterocycles. The van der Waals surface area contributed by atoms with Gasteiger partial charge in [0, 0.05) is 0 Å². The Labute approximate surface area is 92.7 Å². The predicted octanol–water partition coefficient (Wildman–Crippen LogP) is 3.99. The second-order valence-electron chi connectivity index (χ2n) is 3.39. The monoisotopic (exact) mass is 258 g/mol. The van der Waals surface area contributed by atoms with E-state index in [-0.39, 0.29) is 12.0 Å². The molecule has 0 aliphatic rings. The van der Waals surface area contributed by atoms with E-state index in [0.717, 1.165) is 0 Å². The molecule has 1 aromatic rings. The minimum atomic E-state index is -5.02. The number of aromatic hydroxyl groups is 1. The van der Waals surface area contributed by atoms with E-state index in [1.165, 1.54) is 6.92 Å². The molecule has 1 nitrogen and oxygen atoms in total. The fourth-order valence-electron chi connectivity index (χ4n) is 1.33. The van der Waals surface area contributed by atoms with Crippen LogP contribution in [0.25, 0.3) is 0 Å². The summed E-state index contributed by atoms with van der Waals surface area (Å²) in [4.78, 5) is 0. The summed E-state index contributed by atoms with van der Waals surface area (Å²) in [6, 6.07) is 1.04. The van der Waals surface area contributed by atoms with Crippen LogP contribution in [0.2, 0.25) is 0 Å². The molecule has 0 aliphatic heterocycles. The third-order valence-corrected chi connectivity index (χ3v) is 2.19. The quantitative estimate of drug-likeness (QED) is 0.755. The number of alkyl halides is 6. The van der Waals surface area contributed by atoms with Gasteiger partial charge in [-0.3, -0.25) is 0 Å². The standard InChI is InChI=1S/C10H8F6O/c1-2-5-3-6(9(11,12)13)8(17)7(4-5)10(14,15)16/h3-4,17H,2H2,1H3. The van der Waals surface area contributed by atoms with Gasteiger partial charge in [0.2, 0.25) is 0 Å². The topological polar surface area (TPSA) is 20.2 Å². The molecule has 0 aliphatic carbocycles. The zero-order chi connectivity index (χ0) is 13.4. The predicted molar refractivity (Wildman–Crippen MR) is 47.5 cm³/mol. The van der Waals surface area contributed by atoms with E-state index < -0.39 is 29.2 Å². The molecule has 1 rings (SSSR count). The molecule has 0 amide bonds. The van der Waals surface area contributed by atoms with E-state index in [2.05, 4.69) is 0 Å². The lowest BCUT2D eigenvalue weighted by Crippen LogP contribution is -2.12. The molecule has 0 bridgehead atoms. The van der Waals surface area contributed by atoms with Crippen molar-refractivity contribution in [3.05, 3.63) is 28.8 Å². The Kier molecular flexibility index (Phi) is 3.31. The largest absolute Gasteiger partial charge is 0.507 e. The number of benzene rings is 1. The fraction of sp³-hybridized carbons (Fsp3) is 0.400. The average molecular weight is 258 g/mol. The summed E-state index contributed by atoms with van der Waals surface area (Å²) >= 11 is 0. The van der Waals surface area contributed by atoms with Gasteiger partial charge in [-0.15, -0.1) is 0 Å². The van der Waals surface area contributed by atoms with Gasteiger partial charge >= 0.3 is 12.4 Å². The lowest BCUT2D eigenvalue weighted by atomic mass is 10.0. The lowest BCUT2D eigenvalue weighted by Gasteiger charge is -2.16. The van der Waals surface area contributed by atoms with Gasteiger partial charge in [-0.1, -0.05) is 6.92 Å². The van der Waals surface area contributed by atoms with E-state index in [9.17, 15) is 26.3 Å². The summed E-state index contributed by atoms with van der Waals surface area (Å²) in [6.07, 6.45) is -10.0. The van der Waals surface area contributed by atoms with Crippen LogP contribution in [0, 0.1) is 0 Å². The third-order valence-electron chi connectivity index (χ3n) is 2.19. The first-order chi connectivity index (χ1) is 7.57. The second-order valence-corrected chi connectivity index (χ2v) is 3.39. The zero-order valence-electron chi connectivity index (χ0n) is 8.58. The Hall–Kier alpha value is -1.40. The summed E-state index contributed by atoms with van der Waals surface area (Å²) in [7, 11) is 0. The summed E-state index contributed by atoms with van der Waals surface area (Å²) in [6.45, 7) is 1.42. The normalized spacial score (nSPS) is 12.9. The Morgan fingerprint density at radius 3 is 1.53 bits per heavy atom. The summed E-state index contributed by atoms with van der Waals surface area (Å²) < 4.78 is 74.4. The fourth-order valence-corrected chi connectivity index (χ4v) is 1.33. The molecule has 0 saturated carbocycles. The Morgan fingerprint density at radius 1 is 0.941 bits per heavy atom. The third kappa shape index (κ3) is 2.83. The number of rotatable bonds is 1. The van der Waals surface area contributed by atoms with E-state index in [1.54, 1.807) is 0 Å².